The van der Waals surface area contributed by atoms with E-state index < -0.39 is 107 Å². The van der Waals surface area contributed by atoms with Crippen LogP contribution < -0.4 is 26.6 Å². The van der Waals surface area contributed by atoms with E-state index in [1.807, 2.05) is 19.9 Å². The minimum atomic E-state index is -1.30. The van der Waals surface area contributed by atoms with Crippen LogP contribution in [0.4, 0.5) is 10.5 Å². The molecule has 0 radical (unpaired) electrons. The van der Waals surface area contributed by atoms with Crippen molar-refractivity contribution < 1.29 is 62.5 Å². The van der Waals surface area contributed by atoms with E-state index in [-0.39, 0.29) is 49.6 Å². The second-order valence-electron chi connectivity index (χ2n) is 22.3. The minimum Gasteiger partial charge on any atom is -0.480 e. The summed E-state index contributed by atoms with van der Waals surface area (Å²) in [5.74, 6) is -5.81. The zero-order chi connectivity index (χ0) is 59.5. The van der Waals surface area contributed by atoms with Crippen molar-refractivity contribution in [2.75, 3.05) is 46.7 Å². The number of carbonyl (C=O) groups is 9. The van der Waals surface area contributed by atoms with Crippen LogP contribution in [0.2, 0.25) is 0 Å². The molecule has 21 nitrogen and oxygen atoms in total. The number of nitrogens with zero attached hydrogens (tertiary/aromatic N) is 3. The maximum atomic E-state index is 14.7. The van der Waals surface area contributed by atoms with Gasteiger partial charge in [-0.1, -0.05) is 111 Å². The summed E-state index contributed by atoms with van der Waals surface area (Å²) in [5.41, 5.74) is 0.695. The number of nitrogens with one attached hydrogen (secondary N) is 5. The summed E-state index contributed by atoms with van der Waals surface area (Å²) in [6.45, 7) is 19.5. The first-order valence-corrected chi connectivity index (χ1v) is 27.4. The monoisotopic (exact) mass is 1110 g/mol. The first kappa shape index (κ1) is 66.7. The standard InChI is InChI=1S/C58H90N8O13/c1-16-37(8)50(45(77-14)30-46(69)66-28-20-23-44(66)51(78-15)38(9)52(70)61-43(56(74)75)29-40-21-18-17-19-22-40)64(12)55(73)48(35(4)5)62-54(72)49(36(6)7)65(13)57(76)79-31-41-24-26-42(27-25-41)59-32-58(11,33-67)63-53(71)47(34(2)3)60-39(10)68/h17-19,21-22,24-27,33-38,43-45,47-51,59H,16,20,23,28-32H2,1-15H3,(H,60,68)(H,61,70)(H,62,72)(H,63,71)(H,74,75)/t37-,38+,43-,44?,45+,47-,48-,49-,50?,51+,58-/m0/s1. The van der Waals surface area contributed by atoms with E-state index in [0.717, 1.165) is 5.56 Å². The highest BCUT2D eigenvalue weighted by Gasteiger charge is 2.44. The number of methoxy groups -OCH3 is 2. The number of likely N-dealkylation sites (tertiary alicyclic amines) is 1. The number of rotatable bonds is 31. The third-order valence-corrected chi connectivity index (χ3v) is 14.9. The number of carbonyl (C=O) groups excluding carboxylic acids is 8. The van der Waals surface area contributed by atoms with Crippen molar-refractivity contribution in [2.24, 2.45) is 29.6 Å². The lowest BCUT2D eigenvalue weighted by Crippen LogP contribution is -2.60. The van der Waals surface area contributed by atoms with E-state index >= 15 is 0 Å². The smallest absolute Gasteiger partial charge is 0.410 e. The third-order valence-electron chi connectivity index (χ3n) is 14.9. The van der Waals surface area contributed by atoms with Gasteiger partial charge in [0.15, 0.2) is 0 Å². The van der Waals surface area contributed by atoms with Gasteiger partial charge in [0, 0.05) is 60.4 Å². The van der Waals surface area contributed by atoms with E-state index in [2.05, 4.69) is 26.6 Å². The van der Waals surface area contributed by atoms with Crippen LogP contribution in [0.5, 0.6) is 0 Å². The van der Waals surface area contributed by atoms with Crippen LogP contribution in [0, 0.1) is 29.6 Å². The Hall–Kier alpha value is -6.61. The predicted octanol–water partition coefficient (Wildman–Crippen LogP) is 4.80. The van der Waals surface area contributed by atoms with Gasteiger partial charge in [-0.15, -0.1) is 0 Å². The molecule has 7 amide bonds. The molecule has 0 saturated carbocycles. The zero-order valence-electron chi connectivity index (χ0n) is 49.1. The van der Waals surface area contributed by atoms with E-state index in [0.29, 0.717) is 43.3 Å². The molecule has 0 bridgehead atoms. The Morgan fingerprint density at radius 3 is 1.92 bits per heavy atom. The molecule has 1 fully saturated rings. The van der Waals surface area contributed by atoms with E-state index in [4.69, 9.17) is 14.2 Å². The van der Waals surface area contributed by atoms with Crippen molar-refractivity contribution in [1.82, 2.24) is 36.0 Å². The van der Waals surface area contributed by atoms with E-state index in [1.165, 1.54) is 33.1 Å². The molecule has 1 aliphatic rings. The number of likely N-dealkylation sites (N-methyl/N-ethyl adjacent to an activating group) is 2. The van der Waals surface area contributed by atoms with Gasteiger partial charge in [0.25, 0.3) is 0 Å². The molecule has 6 N–H and O–H groups in total. The average Bonchev–Trinajstić information content (AvgIpc) is 3.91. The van der Waals surface area contributed by atoms with Crippen LogP contribution in [0.1, 0.15) is 113 Å². The first-order chi connectivity index (χ1) is 37.1. The minimum absolute atomic E-state index is 0.0372. The van der Waals surface area contributed by atoms with E-state index in [9.17, 15) is 48.3 Å². The highest BCUT2D eigenvalue weighted by Crippen LogP contribution is 2.30. The van der Waals surface area contributed by atoms with Crippen LogP contribution in [-0.2, 0) is 65.6 Å². The van der Waals surface area contributed by atoms with Crippen molar-refractivity contribution in [1.29, 1.82) is 0 Å². The normalized spacial score (nSPS) is 17.6. The van der Waals surface area contributed by atoms with Gasteiger partial charge in [-0.3, -0.25) is 33.7 Å². The van der Waals surface area contributed by atoms with Crippen LogP contribution in [0.15, 0.2) is 54.6 Å². The molecule has 1 aliphatic heterocycles. The molecule has 1 saturated heterocycles. The van der Waals surface area contributed by atoms with Gasteiger partial charge in [0.2, 0.25) is 35.4 Å². The molecular weight excluding hydrogens is 1020 g/mol. The van der Waals surface area contributed by atoms with Gasteiger partial charge in [0.1, 0.15) is 42.6 Å². The molecule has 2 aromatic carbocycles. The summed E-state index contributed by atoms with van der Waals surface area (Å²) >= 11 is 0. The van der Waals surface area contributed by atoms with Gasteiger partial charge in [0.05, 0.1) is 36.6 Å². The van der Waals surface area contributed by atoms with Crippen LogP contribution in [-0.4, -0.2) is 169 Å². The molecule has 0 aliphatic carbocycles. The van der Waals surface area contributed by atoms with Crippen LogP contribution in [0.3, 0.4) is 0 Å². The Bertz CT molecular complexity index is 2350. The predicted molar refractivity (Wildman–Crippen MR) is 299 cm³/mol. The van der Waals surface area contributed by atoms with Crippen LogP contribution >= 0.6 is 0 Å². The fraction of sp³-hybridized carbons (Fsp3) is 0.638. The SMILES string of the molecule is CC[C@H](C)C([C@@H](CC(=O)N1CCCC1[C@H](OC)[C@@H](C)C(=O)N[C@@H](Cc1ccccc1)C(=O)O)OC)N(C)C(=O)[C@@H](NC(=O)[C@H](C(C)C)N(C)C(=O)OCc1ccc(NC[C@@](C)(C=O)NC(=O)[C@@H](NC(C)=O)C(C)C)cc1)C(C)C. The Balaban J connectivity index is 1.70. The summed E-state index contributed by atoms with van der Waals surface area (Å²) in [4.78, 5) is 124. The fourth-order valence-electron chi connectivity index (χ4n) is 10.2. The third kappa shape index (κ3) is 19.0. The summed E-state index contributed by atoms with van der Waals surface area (Å²) < 4.78 is 17.6. The van der Waals surface area contributed by atoms with Gasteiger partial charge in [-0.25, -0.2) is 9.59 Å². The van der Waals surface area contributed by atoms with Crippen molar-refractivity contribution >= 4 is 59.5 Å². The number of carboxylic acids is 1. The number of aliphatic carboxylic acids is 1. The number of aldehydes is 1. The van der Waals surface area contributed by atoms with Crippen molar-refractivity contribution in [3.05, 3.63) is 65.7 Å². The maximum absolute atomic E-state index is 14.7. The molecule has 3 rings (SSSR count). The second-order valence-corrected chi connectivity index (χ2v) is 22.3. The van der Waals surface area contributed by atoms with Gasteiger partial charge >= 0.3 is 12.1 Å². The summed E-state index contributed by atoms with van der Waals surface area (Å²) in [5, 5.41) is 24.1. The zero-order valence-corrected chi connectivity index (χ0v) is 49.1. The lowest BCUT2D eigenvalue weighted by Gasteiger charge is -2.41. The highest BCUT2D eigenvalue weighted by atomic mass is 16.6. The first-order valence-electron chi connectivity index (χ1n) is 27.4. The number of anilines is 1. The van der Waals surface area contributed by atoms with Gasteiger partial charge in [-0.05, 0) is 66.7 Å². The molecule has 2 aromatic rings. The highest BCUT2D eigenvalue weighted by molar-refractivity contribution is 5.92. The topological polar surface area (TPSA) is 271 Å². The Labute approximate surface area is 467 Å². The number of carboxylic acid groups (broad SMARTS) is 1. The van der Waals surface area contributed by atoms with Crippen molar-refractivity contribution in [2.45, 2.75) is 169 Å². The Morgan fingerprint density at radius 2 is 1.41 bits per heavy atom. The number of hydrogen-bond acceptors (Lipinski definition) is 13. The molecule has 0 aromatic heterocycles. The number of benzene rings is 2. The molecule has 0 spiro atoms. The largest absolute Gasteiger partial charge is 0.480 e. The summed E-state index contributed by atoms with van der Waals surface area (Å²) in [6, 6.07) is 10.7. The Kier molecular flexibility index (Phi) is 26.4. The maximum Gasteiger partial charge on any atom is 0.410 e. The van der Waals surface area contributed by atoms with Crippen LogP contribution in [0.25, 0.3) is 0 Å². The number of amides is 7. The van der Waals surface area contributed by atoms with E-state index in [1.54, 1.807) is 121 Å². The molecule has 2 unspecified atom stereocenters. The molecule has 79 heavy (non-hydrogen) atoms. The number of hydrogen-bond donors (Lipinski definition) is 6. The summed E-state index contributed by atoms with van der Waals surface area (Å²) in [6.07, 6.45) is 0.0985. The lowest BCUT2D eigenvalue weighted by atomic mass is 9.89. The molecular formula is C58H90N8O13. The quantitative estimate of drug-likeness (QED) is 0.0554. The van der Waals surface area contributed by atoms with Gasteiger partial charge < -0.3 is 60.5 Å². The second kappa shape index (κ2) is 31.3. The van der Waals surface area contributed by atoms with Crippen molar-refractivity contribution in [3.8, 4) is 0 Å². The van der Waals surface area contributed by atoms with Crippen molar-refractivity contribution in [3.63, 3.8) is 0 Å². The van der Waals surface area contributed by atoms with Gasteiger partial charge in [-0.2, -0.15) is 0 Å². The number of ether oxygens (including phenoxy) is 3. The Morgan fingerprint density at radius 1 is 0.785 bits per heavy atom. The molecule has 440 valence electrons. The molecule has 1 heterocycles. The molecule has 11 atom stereocenters. The lowest BCUT2D eigenvalue weighted by molar-refractivity contribution is -0.148. The molecule has 21 heteroatoms. The fourth-order valence-corrected chi connectivity index (χ4v) is 10.2. The summed E-state index contributed by atoms with van der Waals surface area (Å²) in [7, 11) is 6.04. The average molecular weight is 1110 g/mol.